The summed E-state index contributed by atoms with van der Waals surface area (Å²) < 4.78 is 0. The zero-order valence-corrected chi connectivity index (χ0v) is 9.75. The second-order valence-corrected chi connectivity index (χ2v) is 3.13. The molecule has 80 valence electrons. The van der Waals surface area contributed by atoms with Crippen molar-refractivity contribution in [2.75, 3.05) is 0 Å². The van der Waals surface area contributed by atoms with E-state index in [9.17, 15) is 0 Å². The van der Waals surface area contributed by atoms with Crippen LogP contribution in [-0.2, 0) is 0 Å². The van der Waals surface area contributed by atoms with Gasteiger partial charge in [0.05, 0.1) is 0 Å². The van der Waals surface area contributed by atoms with Crippen LogP contribution in [-0.4, -0.2) is 4.98 Å². The van der Waals surface area contributed by atoms with Crippen LogP contribution in [0.15, 0.2) is 36.5 Å². The smallest absolute Gasteiger partial charge is 0.0454 e. The predicted octanol–water partition coefficient (Wildman–Crippen LogP) is 4.62. The van der Waals surface area contributed by atoms with Crippen LogP contribution >= 0.6 is 0 Å². The van der Waals surface area contributed by atoms with Gasteiger partial charge in [-0.2, -0.15) is 0 Å². The van der Waals surface area contributed by atoms with Gasteiger partial charge >= 0.3 is 0 Å². The standard InChI is InChI=1S/C12H13N.C2H6/c1-2-3-4-10-5-6-12-11(9-10)7-8-13-12;1-2/h3-9,13H,2H2,1H3;1-2H3/b4-3-;. The summed E-state index contributed by atoms with van der Waals surface area (Å²) >= 11 is 0. The van der Waals surface area contributed by atoms with E-state index in [0.717, 1.165) is 6.42 Å². The minimum absolute atomic E-state index is 1.09. The van der Waals surface area contributed by atoms with E-state index in [4.69, 9.17) is 0 Å². The first-order valence-corrected chi connectivity index (χ1v) is 5.64. The van der Waals surface area contributed by atoms with Crippen molar-refractivity contribution in [1.82, 2.24) is 4.98 Å². The van der Waals surface area contributed by atoms with Gasteiger partial charge in [-0.15, -0.1) is 0 Å². The van der Waals surface area contributed by atoms with Crippen molar-refractivity contribution >= 4 is 17.0 Å². The quantitative estimate of drug-likeness (QED) is 0.730. The highest BCUT2D eigenvalue weighted by Gasteiger charge is 1.93. The van der Waals surface area contributed by atoms with Crippen molar-refractivity contribution in [3.8, 4) is 0 Å². The molecule has 2 rings (SSSR count). The molecule has 0 spiro atoms. The number of aromatic nitrogens is 1. The van der Waals surface area contributed by atoms with E-state index in [1.165, 1.54) is 16.5 Å². The molecular formula is C14H19N. The van der Waals surface area contributed by atoms with E-state index < -0.39 is 0 Å². The van der Waals surface area contributed by atoms with Crippen LogP contribution in [0.1, 0.15) is 32.8 Å². The summed E-state index contributed by atoms with van der Waals surface area (Å²) in [6, 6.07) is 8.53. The molecule has 0 unspecified atom stereocenters. The van der Waals surface area contributed by atoms with E-state index in [1.54, 1.807) is 0 Å². The van der Waals surface area contributed by atoms with Gasteiger partial charge in [0.1, 0.15) is 0 Å². The predicted molar refractivity (Wildman–Crippen MR) is 69.0 cm³/mol. The third-order valence-electron chi connectivity index (χ3n) is 2.12. The second kappa shape index (κ2) is 6.07. The lowest BCUT2D eigenvalue weighted by atomic mass is 10.1. The van der Waals surface area contributed by atoms with Crippen LogP contribution in [0.3, 0.4) is 0 Å². The normalized spacial score (nSPS) is 10.3. The Kier molecular flexibility index (Phi) is 4.69. The summed E-state index contributed by atoms with van der Waals surface area (Å²) in [5.74, 6) is 0. The van der Waals surface area contributed by atoms with Crippen LogP contribution in [0.4, 0.5) is 0 Å². The number of hydrogen-bond donors (Lipinski definition) is 1. The molecule has 0 saturated carbocycles. The largest absolute Gasteiger partial charge is 0.361 e. The Morgan fingerprint density at radius 2 is 2.00 bits per heavy atom. The molecule has 1 aromatic heterocycles. The van der Waals surface area contributed by atoms with Gasteiger partial charge in [-0.1, -0.05) is 39.0 Å². The maximum atomic E-state index is 3.18. The van der Waals surface area contributed by atoms with Crippen molar-refractivity contribution in [2.24, 2.45) is 0 Å². The number of fused-ring (bicyclic) bond motifs is 1. The number of allylic oxidation sites excluding steroid dienone is 1. The van der Waals surface area contributed by atoms with E-state index in [0.29, 0.717) is 0 Å². The van der Waals surface area contributed by atoms with Crippen molar-refractivity contribution < 1.29 is 0 Å². The molecular weight excluding hydrogens is 182 g/mol. The van der Waals surface area contributed by atoms with Crippen molar-refractivity contribution in [2.45, 2.75) is 27.2 Å². The summed E-state index contributed by atoms with van der Waals surface area (Å²) in [7, 11) is 0. The highest BCUT2D eigenvalue weighted by Crippen LogP contribution is 2.15. The van der Waals surface area contributed by atoms with Crippen LogP contribution < -0.4 is 0 Å². The molecule has 15 heavy (non-hydrogen) atoms. The van der Waals surface area contributed by atoms with Crippen LogP contribution in [0.5, 0.6) is 0 Å². The first-order valence-electron chi connectivity index (χ1n) is 5.64. The van der Waals surface area contributed by atoms with E-state index in [-0.39, 0.29) is 0 Å². The Hall–Kier alpha value is -1.50. The molecule has 1 nitrogen and oxygen atoms in total. The summed E-state index contributed by atoms with van der Waals surface area (Å²) in [4.78, 5) is 3.18. The first-order chi connectivity index (χ1) is 7.40. The number of nitrogens with one attached hydrogen (secondary N) is 1. The van der Waals surface area contributed by atoms with Gasteiger partial charge in [-0.05, 0) is 35.6 Å². The average Bonchev–Trinajstić information content (AvgIpc) is 2.76. The van der Waals surface area contributed by atoms with Gasteiger partial charge in [0.25, 0.3) is 0 Å². The maximum Gasteiger partial charge on any atom is 0.0454 e. The zero-order valence-electron chi connectivity index (χ0n) is 9.75. The van der Waals surface area contributed by atoms with E-state index in [2.05, 4.69) is 48.3 Å². The van der Waals surface area contributed by atoms with Gasteiger partial charge < -0.3 is 4.98 Å². The molecule has 0 fully saturated rings. The molecule has 0 atom stereocenters. The number of benzene rings is 1. The number of hydrogen-bond acceptors (Lipinski definition) is 0. The molecule has 1 heterocycles. The summed E-state index contributed by atoms with van der Waals surface area (Å²) in [6.45, 7) is 6.14. The number of aromatic amines is 1. The molecule has 0 bridgehead atoms. The topological polar surface area (TPSA) is 15.8 Å². The highest BCUT2D eigenvalue weighted by atomic mass is 14.7. The SMILES string of the molecule is CC.CC/C=C\c1ccc2[nH]ccc2c1. The van der Waals surface area contributed by atoms with Crippen molar-refractivity contribution in [3.63, 3.8) is 0 Å². The highest BCUT2D eigenvalue weighted by molar-refractivity contribution is 5.81. The molecule has 2 aromatic rings. The molecule has 0 aliphatic heterocycles. The minimum Gasteiger partial charge on any atom is -0.361 e. The fourth-order valence-corrected chi connectivity index (χ4v) is 1.43. The zero-order chi connectivity index (χ0) is 11.1. The molecule has 1 heteroatoms. The van der Waals surface area contributed by atoms with Crippen LogP contribution in [0.25, 0.3) is 17.0 Å². The van der Waals surface area contributed by atoms with Crippen LogP contribution in [0.2, 0.25) is 0 Å². The maximum absolute atomic E-state index is 3.18. The lowest BCUT2D eigenvalue weighted by Crippen LogP contribution is -1.71. The van der Waals surface area contributed by atoms with E-state index in [1.807, 2.05) is 20.0 Å². The van der Waals surface area contributed by atoms with Crippen molar-refractivity contribution in [1.29, 1.82) is 0 Å². The van der Waals surface area contributed by atoms with Gasteiger partial charge in [0.15, 0.2) is 0 Å². The Morgan fingerprint density at radius 3 is 2.73 bits per heavy atom. The summed E-state index contributed by atoms with van der Waals surface area (Å²) in [6.07, 6.45) is 7.39. The number of rotatable bonds is 2. The van der Waals surface area contributed by atoms with Gasteiger partial charge in [0.2, 0.25) is 0 Å². The van der Waals surface area contributed by atoms with Crippen LogP contribution in [0, 0.1) is 0 Å². The Balaban J connectivity index is 0.000000531. The monoisotopic (exact) mass is 201 g/mol. The second-order valence-electron chi connectivity index (χ2n) is 3.13. The molecule has 0 aliphatic carbocycles. The van der Waals surface area contributed by atoms with Gasteiger partial charge in [-0.25, -0.2) is 0 Å². The summed E-state index contributed by atoms with van der Waals surface area (Å²) in [5, 5.41) is 1.28. The van der Waals surface area contributed by atoms with E-state index >= 15 is 0 Å². The van der Waals surface area contributed by atoms with Gasteiger partial charge in [0, 0.05) is 11.7 Å². The summed E-state index contributed by atoms with van der Waals surface area (Å²) in [5.41, 5.74) is 2.47. The molecule has 1 N–H and O–H groups in total. The molecule has 0 aliphatic rings. The minimum atomic E-state index is 1.09. The first kappa shape index (κ1) is 11.6. The molecule has 1 aromatic carbocycles. The fourth-order valence-electron chi connectivity index (χ4n) is 1.43. The Labute approximate surface area is 91.8 Å². The fraction of sp³-hybridized carbons (Fsp3) is 0.286. The van der Waals surface area contributed by atoms with Gasteiger partial charge in [-0.3, -0.25) is 0 Å². The third kappa shape index (κ3) is 2.98. The molecule has 0 amide bonds. The lowest BCUT2D eigenvalue weighted by molar-refractivity contribution is 1.23. The average molecular weight is 201 g/mol. The Morgan fingerprint density at radius 1 is 1.20 bits per heavy atom. The molecule has 0 radical (unpaired) electrons. The number of H-pyrrole nitrogens is 1. The third-order valence-corrected chi connectivity index (χ3v) is 2.12. The Bertz CT molecular complexity index is 424. The van der Waals surface area contributed by atoms with Crippen molar-refractivity contribution in [3.05, 3.63) is 42.1 Å². The molecule has 0 saturated heterocycles. The lowest BCUT2D eigenvalue weighted by Gasteiger charge is -1.93.